The van der Waals surface area contributed by atoms with E-state index >= 15 is 0 Å². The van der Waals surface area contributed by atoms with E-state index in [-0.39, 0.29) is 34.1 Å². The molecular weight excluding hydrogens is 510 g/mol. The highest BCUT2D eigenvalue weighted by atomic mass is 35.5. The zero-order valence-electron chi connectivity index (χ0n) is 21.3. The lowest BCUT2D eigenvalue weighted by atomic mass is 9.94. The molecule has 3 aromatic rings. The minimum atomic E-state index is -0.937. The Labute approximate surface area is 225 Å². The molecule has 196 valence electrons. The highest BCUT2D eigenvalue weighted by Crippen LogP contribution is 2.44. The van der Waals surface area contributed by atoms with E-state index in [4.69, 9.17) is 25.8 Å². The Hall–Kier alpha value is -4.30. The Bertz CT molecular complexity index is 1450. The quantitative estimate of drug-likeness (QED) is 0.196. The number of benzene rings is 3. The van der Waals surface area contributed by atoms with Crippen LogP contribution in [0.4, 0.5) is 5.69 Å². The highest BCUT2D eigenvalue weighted by Gasteiger charge is 2.47. The summed E-state index contributed by atoms with van der Waals surface area (Å²) in [4.78, 5) is 39.9. The smallest absolute Gasteiger partial charge is 0.309 e. The molecular formula is C29H26ClNO7. The third-order valence-corrected chi connectivity index (χ3v) is 6.62. The molecule has 8 nitrogen and oxygen atoms in total. The number of aliphatic hydroxyl groups is 1. The molecule has 0 spiro atoms. The minimum Gasteiger partial charge on any atom is -0.507 e. The highest BCUT2D eigenvalue weighted by molar-refractivity contribution is 6.51. The summed E-state index contributed by atoms with van der Waals surface area (Å²) in [6.07, 6.45) is 0.0646. The molecule has 1 N–H and O–H groups in total. The molecule has 3 aromatic carbocycles. The fourth-order valence-electron chi connectivity index (χ4n) is 4.46. The third kappa shape index (κ3) is 4.95. The normalized spacial score (nSPS) is 16.4. The topological polar surface area (TPSA) is 102 Å². The first kappa shape index (κ1) is 26.8. The van der Waals surface area contributed by atoms with Gasteiger partial charge in [0.2, 0.25) is 0 Å². The molecule has 1 atom stereocenters. The largest absolute Gasteiger partial charge is 0.507 e. The van der Waals surface area contributed by atoms with E-state index in [1.165, 1.54) is 38.4 Å². The maximum Gasteiger partial charge on any atom is 0.309 e. The van der Waals surface area contributed by atoms with Gasteiger partial charge in [-0.2, -0.15) is 0 Å². The van der Waals surface area contributed by atoms with Gasteiger partial charge in [-0.15, -0.1) is 0 Å². The van der Waals surface area contributed by atoms with Crippen molar-refractivity contribution in [2.75, 3.05) is 26.2 Å². The molecule has 38 heavy (non-hydrogen) atoms. The molecule has 1 aliphatic heterocycles. The van der Waals surface area contributed by atoms with Gasteiger partial charge < -0.3 is 19.3 Å². The van der Waals surface area contributed by atoms with Crippen molar-refractivity contribution < 1.29 is 33.7 Å². The van der Waals surface area contributed by atoms with E-state index < -0.39 is 29.5 Å². The molecule has 4 rings (SSSR count). The number of methoxy groups -OCH3 is 3. The Balaban J connectivity index is 1.92. The van der Waals surface area contributed by atoms with Crippen LogP contribution < -0.4 is 14.4 Å². The molecule has 1 aliphatic rings. The van der Waals surface area contributed by atoms with Gasteiger partial charge in [0, 0.05) is 11.8 Å². The van der Waals surface area contributed by atoms with Gasteiger partial charge in [-0.3, -0.25) is 19.3 Å². The van der Waals surface area contributed by atoms with Crippen LogP contribution in [-0.4, -0.2) is 44.1 Å². The van der Waals surface area contributed by atoms with Gasteiger partial charge in [0.15, 0.2) is 0 Å². The van der Waals surface area contributed by atoms with Crippen LogP contribution >= 0.6 is 11.6 Å². The molecule has 0 aliphatic carbocycles. The first-order valence-electron chi connectivity index (χ1n) is 11.6. The van der Waals surface area contributed by atoms with Crippen molar-refractivity contribution in [2.24, 2.45) is 0 Å². The molecule has 1 amide bonds. The van der Waals surface area contributed by atoms with Crippen LogP contribution in [0.15, 0.2) is 66.2 Å². The maximum atomic E-state index is 13.5. The number of ketones is 1. The van der Waals surface area contributed by atoms with E-state index in [0.717, 1.165) is 5.56 Å². The van der Waals surface area contributed by atoms with Crippen molar-refractivity contribution in [3.63, 3.8) is 0 Å². The Morgan fingerprint density at radius 3 is 2.26 bits per heavy atom. The van der Waals surface area contributed by atoms with E-state index in [1.807, 2.05) is 25.1 Å². The van der Waals surface area contributed by atoms with Gasteiger partial charge in [0.25, 0.3) is 11.7 Å². The number of rotatable bonds is 7. The number of amides is 1. The van der Waals surface area contributed by atoms with Crippen LogP contribution in [0, 0.1) is 6.92 Å². The van der Waals surface area contributed by atoms with Crippen LogP contribution in [0.1, 0.15) is 28.3 Å². The molecule has 1 heterocycles. The summed E-state index contributed by atoms with van der Waals surface area (Å²) in [7, 11) is 4.14. The van der Waals surface area contributed by atoms with Gasteiger partial charge in [-0.05, 0) is 36.2 Å². The third-order valence-electron chi connectivity index (χ3n) is 6.32. The summed E-state index contributed by atoms with van der Waals surface area (Å²) in [5, 5.41) is 11.8. The molecule has 1 fully saturated rings. The lowest BCUT2D eigenvalue weighted by Crippen LogP contribution is -2.29. The number of aryl methyl sites for hydroxylation is 1. The summed E-state index contributed by atoms with van der Waals surface area (Å²) in [6, 6.07) is 16.0. The molecule has 1 saturated heterocycles. The molecule has 0 bridgehead atoms. The lowest BCUT2D eigenvalue weighted by molar-refractivity contribution is -0.139. The predicted octanol–water partition coefficient (Wildman–Crippen LogP) is 5.01. The SMILES string of the molecule is COC(=O)Cc1ccc(N2C(=O)C(=O)/C(=C(/O)c3cc(OC)c(Cl)cc3OC)C2c2cccc(C)c2)cc1. The van der Waals surface area contributed by atoms with Crippen LogP contribution in [0.3, 0.4) is 0 Å². The number of hydrogen-bond donors (Lipinski definition) is 1. The number of carbonyl (C=O) groups excluding carboxylic acids is 3. The maximum absolute atomic E-state index is 13.5. The summed E-state index contributed by atoms with van der Waals surface area (Å²) in [6.45, 7) is 1.89. The van der Waals surface area contributed by atoms with Crippen LogP contribution in [0.25, 0.3) is 5.76 Å². The molecule has 9 heteroatoms. The number of Topliss-reactive ketones (excluding diaryl/α,β-unsaturated/α-hetero) is 1. The van der Waals surface area contributed by atoms with Crippen LogP contribution in [-0.2, 0) is 25.5 Å². The minimum absolute atomic E-state index is 0.0646. The second-order valence-electron chi connectivity index (χ2n) is 8.69. The second-order valence-corrected chi connectivity index (χ2v) is 9.10. The monoisotopic (exact) mass is 535 g/mol. The summed E-state index contributed by atoms with van der Waals surface area (Å²) in [5.41, 5.74) is 2.69. The number of anilines is 1. The van der Waals surface area contributed by atoms with Gasteiger partial charge in [-0.1, -0.05) is 53.6 Å². The van der Waals surface area contributed by atoms with Crippen LogP contribution in [0.2, 0.25) is 5.02 Å². The average Bonchev–Trinajstić information content (AvgIpc) is 3.18. The van der Waals surface area contributed by atoms with Crippen molar-refractivity contribution in [2.45, 2.75) is 19.4 Å². The van der Waals surface area contributed by atoms with E-state index in [2.05, 4.69) is 0 Å². The van der Waals surface area contributed by atoms with Gasteiger partial charge in [0.1, 0.15) is 17.3 Å². The standard InChI is InChI=1S/C29H26ClNO7/c1-16-6-5-7-18(12-16)26-25(27(33)20-14-23(37-3)21(30)15-22(20)36-2)28(34)29(35)31(26)19-10-8-17(9-11-19)13-24(32)38-4/h5-12,14-15,26,33H,13H2,1-4H3/b27-25+. The number of halogens is 1. The van der Waals surface area contributed by atoms with Crippen molar-refractivity contribution in [1.82, 2.24) is 0 Å². The average molecular weight is 536 g/mol. The number of ether oxygens (including phenoxy) is 3. The van der Waals surface area contributed by atoms with Gasteiger partial charge >= 0.3 is 5.97 Å². The first-order valence-corrected chi connectivity index (χ1v) is 12.0. The second kappa shape index (κ2) is 11.0. The molecule has 0 aromatic heterocycles. The van der Waals surface area contributed by atoms with Crippen molar-refractivity contribution >= 4 is 40.7 Å². The number of carbonyl (C=O) groups is 3. The zero-order chi connectivity index (χ0) is 27.6. The predicted molar refractivity (Wildman–Crippen MR) is 143 cm³/mol. The van der Waals surface area contributed by atoms with E-state index in [0.29, 0.717) is 16.8 Å². The number of hydrogen-bond acceptors (Lipinski definition) is 7. The van der Waals surface area contributed by atoms with Crippen molar-refractivity contribution in [1.29, 1.82) is 0 Å². The fraction of sp³-hybridized carbons (Fsp3) is 0.207. The summed E-state index contributed by atoms with van der Waals surface area (Å²) >= 11 is 6.23. The molecule has 0 saturated carbocycles. The number of nitrogens with zero attached hydrogens (tertiary/aromatic N) is 1. The Kier molecular flexibility index (Phi) is 7.73. The molecule has 1 unspecified atom stereocenters. The number of esters is 1. The van der Waals surface area contributed by atoms with Crippen molar-refractivity contribution in [3.05, 3.63) is 93.5 Å². The Morgan fingerprint density at radius 2 is 1.66 bits per heavy atom. The molecule has 0 radical (unpaired) electrons. The Morgan fingerprint density at radius 1 is 0.974 bits per heavy atom. The summed E-state index contributed by atoms with van der Waals surface area (Å²) in [5.74, 6) is -2.02. The van der Waals surface area contributed by atoms with Crippen LogP contribution in [0.5, 0.6) is 11.5 Å². The van der Waals surface area contributed by atoms with Gasteiger partial charge in [-0.25, -0.2) is 0 Å². The zero-order valence-corrected chi connectivity index (χ0v) is 22.0. The van der Waals surface area contributed by atoms with E-state index in [1.54, 1.807) is 30.3 Å². The fourth-order valence-corrected chi connectivity index (χ4v) is 4.69. The lowest BCUT2D eigenvalue weighted by Gasteiger charge is -2.26. The van der Waals surface area contributed by atoms with E-state index in [9.17, 15) is 19.5 Å². The van der Waals surface area contributed by atoms with Gasteiger partial charge in [0.05, 0.1) is 50.0 Å². The summed E-state index contributed by atoms with van der Waals surface area (Å²) < 4.78 is 15.4. The first-order chi connectivity index (χ1) is 18.2. The number of aliphatic hydroxyl groups excluding tert-OH is 1. The van der Waals surface area contributed by atoms with Crippen molar-refractivity contribution in [3.8, 4) is 11.5 Å².